The molecule has 0 fully saturated rings. The fourth-order valence-corrected chi connectivity index (χ4v) is 4.59. The smallest absolute Gasteiger partial charge is 0.261 e. The number of carbonyl (C=O) groups excluding carboxylic acids is 3. The van der Waals surface area contributed by atoms with Gasteiger partial charge in [-0.1, -0.05) is 39.3 Å². The third-order valence-electron chi connectivity index (χ3n) is 6.64. The monoisotopic (exact) mass is 464 g/mol. The topological polar surface area (TPSA) is 86.9 Å². The number of anilines is 1. The number of nitrogens with zero attached hydrogens (tertiary/aromatic N) is 3. The van der Waals surface area contributed by atoms with Crippen molar-refractivity contribution in [2.24, 2.45) is 5.73 Å². The molecule has 2 aromatic carbocycles. The van der Waals surface area contributed by atoms with Crippen molar-refractivity contribution < 1.29 is 14.4 Å². The van der Waals surface area contributed by atoms with Crippen LogP contribution in [-0.2, 0) is 0 Å². The van der Waals surface area contributed by atoms with Crippen LogP contribution < -0.4 is 10.6 Å². The molecule has 0 saturated carbocycles. The van der Waals surface area contributed by atoms with Gasteiger partial charge < -0.3 is 15.5 Å². The van der Waals surface area contributed by atoms with Gasteiger partial charge in [0.05, 0.1) is 11.1 Å². The highest BCUT2D eigenvalue weighted by Crippen LogP contribution is 2.28. The lowest BCUT2D eigenvalue weighted by atomic mass is 10.1. The number of benzene rings is 2. The number of carbonyl (C=O) groups is 3. The molecule has 1 aliphatic heterocycles. The maximum Gasteiger partial charge on any atom is 0.261 e. The molecule has 1 heterocycles. The Hall–Kier alpha value is -3.19. The second kappa shape index (κ2) is 11.8. The van der Waals surface area contributed by atoms with E-state index < -0.39 is 5.91 Å². The van der Waals surface area contributed by atoms with E-state index in [1.54, 1.807) is 36.4 Å². The van der Waals surface area contributed by atoms with Crippen molar-refractivity contribution in [1.82, 2.24) is 9.80 Å². The fraction of sp³-hybridized carbons (Fsp3) is 0.444. The van der Waals surface area contributed by atoms with Gasteiger partial charge in [0.25, 0.3) is 11.8 Å². The average molecular weight is 465 g/mol. The van der Waals surface area contributed by atoms with E-state index in [1.165, 1.54) is 4.90 Å². The molecule has 1 unspecified atom stereocenters. The number of likely N-dealkylation sites (N-methyl/N-ethyl adjacent to an activating group) is 1. The van der Waals surface area contributed by atoms with Crippen LogP contribution in [0, 0.1) is 0 Å². The summed E-state index contributed by atoms with van der Waals surface area (Å²) in [5.74, 6) is -0.839. The lowest BCUT2D eigenvalue weighted by Crippen LogP contribution is -2.43. The first-order chi connectivity index (χ1) is 16.4. The summed E-state index contributed by atoms with van der Waals surface area (Å²) >= 11 is 0. The van der Waals surface area contributed by atoms with Crippen LogP contribution in [0.1, 0.15) is 71.1 Å². The van der Waals surface area contributed by atoms with Crippen molar-refractivity contribution in [3.63, 3.8) is 0 Å². The summed E-state index contributed by atoms with van der Waals surface area (Å²) in [5.41, 5.74) is 7.87. The molecule has 0 radical (unpaired) electrons. The molecule has 34 heavy (non-hydrogen) atoms. The van der Waals surface area contributed by atoms with Gasteiger partial charge >= 0.3 is 0 Å². The predicted molar refractivity (Wildman–Crippen MR) is 135 cm³/mol. The van der Waals surface area contributed by atoms with Crippen LogP contribution in [0.4, 0.5) is 5.69 Å². The summed E-state index contributed by atoms with van der Waals surface area (Å²) in [6.45, 7) is 10.7. The summed E-state index contributed by atoms with van der Waals surface area (Å²) < 4.78 is 0. The zero-order valence-electron chi connectivity index (χ0n) is 20.5. The molecule has 3 amide bonds. The van der Waals surface area contributed by atoms with Crippen molar-refractivity contribution in [3.05, 3.63) is 65.2 Å². The normalized spacial score (nSPS) is 13.9. The molecule has 182 valence electrons. The molecule has 1 aliphatic rings. The van der Waals surface area contributed by atoms with E-state index in [1.807, 2.05) is 12.1 Å². The number of imide groups is 1. The lowest BCUT2D eigenvalue weighted by molar-refractivity contribution is 0.0568. The number of primary amides is 1. The van der Waals surface area contributed by atoms with Gasteiger partial charge in [0.1, 0.15) is 0 Å². The Morgan fingerprint density at radius 2 is 1.44 bits per heavy atom. The summed E-state index contributed by atoms with van der Waals surface area (Å²) in [4.78, 5) is 43.7. The van der Waals surface area contributed by atoms with Crippen LogP contribution in [0.5, 0.6) is 0 Å². The van der Waals surface area contributed by atoms with Crippen molar-refractivity contribution in [2.75, 3.05) is 37.6 Å². The molecule has 0 spiro atoms. The summed E-state index contributed by atoms with van der Waals surface area (Å²) in [6.07, 6.45) is 2.32. The minimum atomic E-state index is -0.449. The van der Waals surface area contributed by atoms with Crippen LogP contribution in [0.15, 0.2) is 48.5 Å². The second-order valence-corrected chi connectivity index (χ2v) is 8.68. The van der Waals surface area contributed by atoms with Crippen molar-refractivity contribution in [1.29, 1.82) is 0 Å². The number of amides is 3. The molecule has 7 nitrogen and oxygen atoms in total. The first-order valence-corrected chi connectivity index (χ1v) is 12.2. The summed E-state index contributed by atoms with van der Waals surface area (Å²) in [5, 5.41) is 0. The third kappa shape index (κ3) is 5.65. The first-order valence-electron chi connectivity index (χ1n) is 12.2. The van der Waals surface area contributed by atoms with E-state index in [-0.39, 0.29) is 17.9 Å². The Kier molecular flexibility index (Phi) is 8.82. The molecule has 0 bridgehead atoms. The third-order valence-corrected chi connectivity index (χ3v) is 6.64. The van der Waals surface area contributed by atoms with Crippen molar-refractivity contribution in [2.45, 2.75) is 46.1 Å². The molecule has 7 heteroatoms. The fourth-order valence-electron chi connectivity index (χ4n) is 4.59. The molecule has 2 aromatic rings. The van der Waals surface area contributed by atoms with Gasteiger partial charge in [-0.05, 0) is 62.3 Å². The molecule has 0 aliphatic carbocycles. The van der Waals surface area contributed by atoms with Gasteiger partial charge in [0, 0.05) is 36.9 Å². The number of fused-ring (bicyclic) bond motifs is 1. The highest BCUT2D eigenvalue weighted by atomic mass is 16.2. The van der Waals surface area contributed by atoms with Crippen molar-refractivity contribution >= 4 is 23.4 Å². The molecule has 1 atom stereocenters. The zero-order valence-corrected chi connectivity index (χ0v) is 20.5. The van der Waals surface area contributed by atoms with Gasteiger partial charge in [0.2, 0.25) is 5.91 Å². The van der Waals surface area contributed by atoms with Gasteiger partial charge in [0.15, 0.2) is 0 Å². The quantitative estimate of drug-likeness (QED) is 0.456. The SMILES string of the molecule is CCCC(CCN(CCN(CC)CC)c1ccc(C(N)=O)cc1)N1C(=O)c2ccccc2C1=O. The molecule has 3 rings (SSSR count). The van der Waals surface area contributed by atoms with Crippen LogP contribution in [-0.4, -0.2) is 66.3 Å². The van der Waals surface area contributed by atoms with Crippen molar-refractivity contribution in [3.8, 4) is 0 Å². The van der Waals surface area contributed by atoms with Gasteiger partial charge in [-0.3, -0.25) is 19.3 Å². The number of hydrogen-bond acceptors (Lipinski definition) is 5. The van der Waals surface area contributed by atoms with Crippen LogP contribution in [0.25, 0.3) is 0 Å². The summed E-state index contributed by atoms with van der Waals surface area (Å²) in [6, 6.07) is 14.2. The Labute approximate surface area is 202 Å². The van der Waals surface area contributed by atoms with E-state index in [0.29, 0.717) is 29.7 Å². The lowest BCUT2D eigenvalue weighted by Gasteiger charge is -2.32. The maximum atomic E-state index is 13.1. The molecular weight excluding hydrogens is 428 g/mol. The number of rotatable bonds is 13. The largest absolute Gasteiger partial charge is 0.370 e. The molecular formula is C27H36N4O3. The first kappa shape index (κ1) is 25.4. The van der Waals surface area contributed by atoms with Gasteiger partial charge in [-0.25, -0.2) is 0 Å². The molecule has 0 saturated heterocycles. The van der Waals surface area contributed by atoms with Gasteiger partial charge in [-0.2, -0.15) is 0 Å². The van der Waals surface area contributed by atoms with Crippen LogP contribution in [0.3, 0.4) is 0 Å². The van der Waals surface area contributed by atoms with E-state index in [9.17, 15) is 14.4 Å². The predicted octanol–water partition coefficient (Wildman–Crippen LogP) is 3.79. The average Bonchev–Trinajstić information content (AvgIpc) is 3.10. The zero-order chi connectivity index (χ0) is 24.7. The van der Waals surface area contributed by atoms with E-state index in [2.05, 4.69) is 30.6 Å². The molecule has 2 N–H and O–H groups in total. The van der Waals surface area contributed by atoms with Crippen LogP contribution in [0.2, 0.25) is 0 Å². The number of hydrogen-bond donors (Lipinski definition) is 1. The number of nitrogens with two attached hydrogens (primary N) is 1. The Bertz CT molecular complexity index is 966. The minimum absolute atomic E-state index is 0.168. The summed E-state index contributed by atoms with van der Waals surface area (Å²) in [7, 11) is 0. The van der Waals surface area contributed by atoms with E-state index in [4.69, 9.17) is 5.73 Å². The Morgan fingerprint density at radius 3 is 1.94 bits per heavy atom. The highest BCUT2D eigenvalue weighted by molar-refractivity contribution is 6.21. The van der Waals surface area contributed by atoms with E-state index >= 15 is 0 Å². The second-order valence-electron chi connectivity index (χ2n) is 8.68. The standard InChI is InChI=1S/C27H36N4O3/c1-4-9-22(31-26(33)23-10-7-8-11-24(23)27(31)34)16-17-30(19-18-29(5-2)6-3)21-14-12-20(13-15-21)25(28)32/h7-8,10-15,22H,4-6,9,16-19H2,1-3H3,(H2,28,32). The Balaban J connectivity index is 1.79. The highest BCUT2D eigenvalue weighted by Gasteiger charge is 2.39. The van der Waals surface area contributed by atoms with Gasteiger partial charge in [-0.15, -0.1) is 0 Å². The maximum absolute atomic E-state index is 13.1. The Morgan fingerprint density at radius 1 is 0.853 bits per heavy atom. The van der Waals surface area contributed by atoms with E-state index in [0.717, 1.165) is 44.7 Å². The minimum Gasteiger partial charge on any atom is -0.370 e. The molecule has 0 aromatic heterocycles. The van der Waals surface area contributed by atoms with Crippen LogP contribution >= 0.6 is 0 Å².